The summed E-state index contributed by atoms with van der Waals surface area (Å²) in [5.74, 6) is 0.899. The predicted octanol–water partition coefficient (Wildman–Crippen LogP) is 3.79. The van der Waals surface area contributed by atoms with Gasteiger partial charge in [-0.3, -0.25) is 0 Å². The second kappa shape index (κ2) is 8.94. The molecule has 0 aliphatic heterocycles. The number of aromatic nitrogens is 1. The van der Waals surface area contributed by atoms with Crippen molar-refractivity contribution in [2.75, 3.05) is 19.7 Å². The summed E-state index contributed by atoms with van der Waals surface area (Å²) in [5, 5.41) is 6.97. The van der Waals surface area contributed by atoms with Crippen LogP contribution < -0.4 is 15.4 Å². The van der Waals surface area contributed by atoms with Gasteiger partial charge in [0.2, 0.25) is 0 Å². The van der Waals surface area contributed by atoms with Crippen LogP contribution in [-0.2, 0) is 6.42 Å². The van der Waals surface area contributed by atoms with Crippen LogP contribution in [0.3, 0.4) is 0 Å². The first-order valence-corrected chi connectivity index (χ1v) is 8.99. The zero-order valence-corrected chi connectivity index (χ0v) is 15.0. The Morgan fingerprint density at radius 1 is 1.04 bits per heavy atom. The van der Waals surface area contributed by atoms with Crippen LogP contribution in [-0.4, -0.2) is 30.7 Å². The maximum absolute atomic E-state index is 11.9. The fourth-order valence-corrected chi connectivity index (χ4v) is 2.89. The van der Waals surface area contributed by atoms with Crippen molar-refractivity contribution < 1.29 is 9.53 Å². The van der Waals surface area contributed by atoms with E-state index in [1.165, 1.54) is 10.9 Å². The van der Waals surface area contributed by atoms with Crippen molar-refractivity contribution in [2.24, 2.45) is 0 Å². The summed E-state index contributed by atoms with van der Waals surface area (Å²) in [5.41, 5.74) is 3.46. The Kier molecular flexibility index (Phi) is 6.14. The molecule has 0 atom stereocenters. The number of carbonyl (C=O) groups excluding carboxylic acids is 1. The number of para-hydroxylation sites is 2. The molecule has 0 saturated carbocycles. The standard InChI is InChI=1S/C21H25N3O2/c1-16-7-2-5-10-20(16)26-14-6-12-22-21(25)23-13-11-17-15-24-19-9-4-3-8-18(17)19/h2-5,7-10,15,24H,6,11-14H2,1H3,(H2,22,23,25). The average molecular weight is 351 g/mol. The predicted molar refractivity (Wildman–Crippen MR) is 105 cm³/mol. The van der Waals surface area contributed by atoms with E-state index in [0.29, 0.717) is 19.7 Å². The number of rotatable bonds is 8. The highest BCUT2D eigenvalue weighted by Crippen LogP contribution is 2.17. The first-order chi connectivity index (χ1) is 12.7. The fraction of sp³-hybridized carbons (Fsp3) is 0.286. The number of hydrogen-bond donors (Lipinski definition) is 3. The number of fused-ring (bicyclic) bond motifs is 1. The van der Waals surface area contributed by atoms with Crippen LogP contribution >= 0.6 is 0 Å². The quantitative estimate of drug-likeness (QED) is 0.541. The van der Waals surface area contributed by atoms with Crippen LogP contribution in [0, 0.1) is 6.92 Å². The Hall–Kier alpha value is -2.95. The van der Waals surface area contributed by atoms with E-state index < -0.39 is 0 Å². The highest BCUT2D eigenvalue weighted by molar-refractivity contribution is 5.83. The van der Waals surface area contributed by atoms with Crippen LogP contribution in [0.1, 0.15) is 17.5 Å². The third-order valence-electron chi connectivity index (χ3n) is 4.31. The number of ether oxygens (including phenoxy) is 1. The fourth-order valence-electron chi connectivity index (χ4n) is 2.89. The van der Waals surface area contributed by atoms with Gasteiger partial charge in [0.15, 0.2) is 0 Å². The Bertz CT molecular complexity index is 857. The molecule has 3 aromatic rings. The number of aromatic amines is 1. The smallest absolute Gasteiger partial charge is 0.314 e. The minimum Gasteiger partial charge on any atom is -0.493 e. The van der Waals surface area contributed by atoms with Gasteiger partial charge in [-0.25, -0.2) is 4.79 Å². The number of urea groups is 1. The van der Waals surface area contributed by atoms with Gasteiger partial charge < -0.3 is 20.4 Å². The second-order valence-electron chi connectivity index (χ2n) is 6.26. The zero-order valence-electron chi connectivity index (χ0n) is 15.0. The lowest BCUT2D eigenvalue weighted by Crippen LogP contribution is -2.37. The molecule has 0 saturated heterocycles. The lowest BCUT2D eigenvalue weighted by Gasteiger charge is -2.10. The molecule has 1 heterocycles. The molecule has 0 bridgehead atoms. The molecule has 2 aromatic carbocycles. The van der Waals surface area contributed by atoms with Gasteiger partial charge in [-0.15, -0.1) is 0 Å². The van der Waals surface area contributed by atoms with Crippen LogP contribution in [0.5, 0.6) is 5.75 Å². The molecule has 2 amide bonds. The minimum atomic E-state index is -0.138. The molecule has 3 N–H and O–H groups in total. The monoisotopic (exact) mass is 351 g/mol. The van der Waals surface area contributed by atoms with Crippen molar-refractivity contribution in [3.63, 3.8) is 0 Å². The van der Waals surface area contributed by atoms with Gasteiger partial charge in [-0.2, -0.15) is 0 Å². The Balaban J connectivity index is 1.30. The summed E-state index contributed by atoms with van der Waals surface area (Å²) in [4.78, 5) is 15.1. The Morgan fingerprint density at radius 2 is 1.81 bits per heavy atom. The summed E-state index contributed by atoms with van der Waals surface area (Å²) < 4.78 is 5.71. The summed E-state index contributed by atoms with van der Waals surface area (Å²) in [6, 6.07) is 16.0. The van der Waals surface area contributed by atoms with E-state index in [1.54, 1.807) is 0 Å². The van der Waals surface area contributed by atoms with Crippen LogP contribution in [0.4, 0.5) is 4.79 Å². The van der Waals surface area contributed by atoms with E-state index >= 15 is 0 Å². The lowest BCUT2D eigenvalue weighted by molar-refractivity contribution is 0.239. The molecule has 0 aliphatic carbocycles. The Morgan fingerprint density at radius 3 is 2.69 bits per heavy atom. The highest BCUT2D eigenvalue weighted by Gasteiger charge is 2.04. The number of aryl methyl sites for hydroxylation is 1. The van der Waals surface area contributed by atoms with E-state index in [9.17, 15) is 4.79 Å². The van der Waals surface area contributed by atoms with Crippen LogP contribution in [0.2, 0.25) is 0 Å². The Labute approximate surface area is 153 Å². The summed E-state index contributed by atoms with van der Waals surface area (Å²) in [6.07, 6.45) is 3.57. The molecule has 5 nitrogen and oxygen atoms in total. The first kappa shape index (κ1) is 17.9. The summed E-state index contributed by atoms with van der Waals surface area (Å²) >= 11 is 0. The molecule has 5 heteroatoms. The van der Waals surface area contributed by atoms with Gasteiger partial charge in [0.25, 0.3) is 0 Å². The number of H-pyrrole nitrogens is 1. The molecule has 0 radical (unpaired) electrons. The number of hydrogen-bond acceptors (Lipinski definition) is 2. The van der Waals surface area contributed by atoms with Crippen LogP contribution in [0.15, 0.2) is 54.7 Å². The zero-order chi connectivity index (χ0) is 18.2. The molecular weight excluding hydrogens is 326 g/mol. The molecule has 136 valence electrons. The number of nitrogens with one attached hydrogen (secondary N) is 3. The van der Waals surface area contributed by atoms with E-state index in [2.05, 4.69) is 27.8 Å². The summed E-state index contributed by atoms with van der Waals surface area (Å²) in [7, 11) is 0. The van der Waals surface area contributed by atoms with E-state index in [-0.39, 0.29) is 6.03 Å². The van der Waals surface area contributed by atoms with Crippen molar-refractivity contribution in [1.82, 2.24) is 15.6 Å². The van der Waals surface area contributed by atoms with Crippen molar-refractivity contribution in [1.29, 1.82) is 0 Å². The molecule has 0 unspecified atom stereocenters. The van der Waals surface area contributed by atoms with E-state index in [1.807, 2.05) is 49.5 Å². The van der Waals surface area contributed by atoms with E-state index in [4.69, 9.17) is 4.74 Å². The van der Waals surface area contributed by atoms with E-state index in [0.717, 1.165) is 29.7 Å². The first-order valence-electron chi connectivity index (χ1n) is 8.99. The molecule has 3 rings (SSSR count). The molecule has 0 spiro atoms. The van der Waals surface area contributed by atoms with Crippen molar-refractivity contribution in [3.05, 3.63) is 65.9 Å². The minimum absolute atomic E-state index is 0.138. The number of carbonyl (C=O) groups is 1. The maximum atomic E-state index is 11.9. The topological polar surface area (TPSA) is 66.2 Å². The van der Waals surface area contributed by atoms with Crippen molar-refractivity contribution in [2.45, 2.75) is 19.8 Å². The largest absolute Gasteiger partial charge is 0.493 e. The average Bonchev–Trinajstić information content (AvgIpc) is 3.06. The molecular formula is C21H25N3O2. The molecule has 1 aromatic heterocycles. The molecule has 26 heavy (non-hydrogen) atoms. The van der Waals surface area contributed by atoms with Gasteiger partial charge in [0.1, 0.15) is 5.75 Å². The summed E-state index contributed by atoms with van der Waals surface area (Å²) in [6.45, 7) is 3.80. The third kappa shape index (κ3) is 4.79. The second-order valence-corrected chi connectivity index (χ2v) is 6.26. The van der Waals surface area contributed by atoms with Gasteiger partial charge in [0, 0.05) is 30.2 Å². The molecule has 0 aliphatic rings. The van der Waals surface area contributed by atoms with Crippen molar-refractivity contribution >= 4 is 16.9 Å². The lowest BCUT2D eigenvalue weighted by atomic mass is 10.1. The third-order valence-corrected chi connectivity index (χ3v) is 4.31. The highest BCUT2D eigenvalue weighted by atomic mass is 16.5. The maximum Gasteiger partial charge on any atom is 0.314 e. The molecule has 0 fully saturated rings. The van der Waals surface area contributed by atoms with Gasteiger partial charge >= 0.3 is 6.03 Å². The normalized spacial score (nSPS) is 10.7. The number of amides is 2. The van der Waals surface area contributed by atoms with Crippen molar-refractivity contribution in [3.8, 4) is 5.75 Å². The SMILES string of the molecule is Cc1ccccc1OCCCNC(=O)NCCc1c[nH]c2ccccc12. The van der Waals surface area contributed by atoms with Gasteiger partial charge in [-0.05, 0) is 43.0 Å². The van der Waals surface area contributed by atoms with Crippen LogP contribution in [0.25, 0.3) is 10.9 Å². The number of benzene rings is 2. The van der Waals surface area contributed by atoms with Gasteiger partial charge in [-0.1, -0.05) is 36.4 Å². The van der Waals surface area contributed by atoms with Gasteiger partial charge in [0.05, 0.1) is 6.61 Å².